The lowest BCUT2D eigenvalue weighted by Crippen LogP contribution is -2.41. The van der Waals surface area contributed by atoms with Gasteiger partial charge in [0.1, 0.15) is 12.3 Å². The number of nitrogens with zero attached hydrogens (tertiary/aromatic N) is 1. The lowest BCUT2D eigenvalue weighted by atomic mass is 10.1. The van der Waals surface area contributed by atoms with Crippen LogP contribution >= 0.6 is 0 Å². The van der Waals surface area contributed by atoms with E-state index in [0.29, 0.717) is 36.6 Å². The Balaban J connectivity index is 1.60. The summed E-state index contributed by atoms with van der Waals surface area (Å²) in [6, 6.07) is 15.6. The number of nitrogens with one attached hydrogen (secondary N) is 1. The topological polar surface area (TPSA) is 84.9 Å². The van der Waals surface area contributed by atoms with Gasteiger partial charge in [0.05, 0.1) is 6.61 Å². The van der Waals surface area contributed by atoms with E-state index in [-0.39, 0.29) is 12.5 Å². The highest BCUT2D eigenvalue weighted by Crippen LogP contribution is 2.22. The number of hydrogen-bond donors (Lipinski definition) is 1. The first-order chi connectivity index (χ1) is 15.1. The normalized spacial score (nSPS) is 14.4. The van der Waals surface area contributed by atoms with Gasteiger partial charge in [0.15, 0.2) is 0 Å². The summed E-state index contributed by atoms with van der Waals surface area (Å²) in [7, 11) is 0. The molecule has 7 nitrogen and oxygen atoms in total. The van der Waals surface area contributed by atoms with Crippen LogP contribution in [0.25, 0.3) is 0 Å². The second-order valence-electron chi connectivity index (χ2n) is 7.31. The van der Waals surface area contributed by atoms with E-state index >= 15 is 0 Å². The first-order valence-corrected chi connectivity index (χ1v) is 10.6. The van der Waals surface area contributed by atoms with Crippen molar-refractivity contribution < 1.29 is 23.9 Å². The molecule has 2 amide bonds. The number of rotatable bonds is 8. The van der Waals surface area contributed by atoms with Gasteiger partial charge < -0.3 is 19.7 Å². The maximum atomic E-state index is 13.0. The number of ether oxygens (including phenoxy) is 2. The number of carbonyl (C=O) groups is 3. The predicted molar refractivity (Wildman–Crippen MR) is 116 cm³/mol. The van der Waals surface area contributed by atoms with E-state index in [1.807, 2.05) is 13.0 Å². The highest BCUT2D eigenvalue weighted by molar-refractivity contribution is 5.96. The van der Waals surface area contributed by atoms with Gasteiger partial charge in [-0.05, 0) is 50.5 Å². The summed E-state index contributed by atoms with van der Waals surface area (Å²) in [5.74, 6) is -0.630. The molecule has 2 aromatic rings. The van der Waals surface area contributed by atoms with Gasteiger partial charge in [-0.15, -0.1) is 0 Å². The van der Waals surface area contributed by atoms with Crippen LogP contribution in [0.15, 0.2) is 54.6 Å². The van der Waals surface area contributed by atoms with E-state index in [4.69, 9.17) is 9.47 Å². The van der Waals surface area contributed by atoms with Gasteiger partial charge in [0.25, 0.3) is 11.8 Å². The zero-order valence-electron chi connectivity index (χ0n) is 17.7. The van der Waals surface area contributed by atoms with Gasteiger partial charge in [-0.3, -0.25) is 14.4 Å². The molecule has 0 saturated carbocycles. The fourth-order valence-electron chi connectivity index (χ4n) is 3.47. The zero-order chi connectivity index (χ0) is 22.1. The smallest absolute Gasteiger partial charge is 0.326 e. The molecule has 0 spiro atoms. The van der Waals surface area contributed by atoms with E-state index in [0.717, 1.165) is 19.3 Å². The van der Waals surface area contributed by atoms with Crippen molar-refractivity contribution in [3.05, 3.63) is 65.7 Å². The molecule has 1 aliphatic heterocycles. The summed E-state index contributed by atoms with van der Waals surface area (Å²) >= 11 is 0. The predicted octanol–water partition coefficient (Wildman–Crippen LogP) is 3.11. The van der Waals surface area contributed by atoms with Crippen LogP contribution in [0.5, 0.6) is 5.75 Å². The monoisotopic (exact) mass is 424 g/mol. The molecule has 1 saturated heterocycles. The molecule has 0 aliphatic carbocycles. The van der Waals surface area contributed by atoms with Crippen molar-refractivity contribution in [3.8, 4) is 5.75 Å². The molecule has 1 atom stereocenters. The summed E-state index contributed by atoms with van der Waals surface area (Å²) in [4.78, 5) is 39.6. The number of likely N-dealkylation sites (tertiary alicyclic amines) is 1. The Kier molecular flexibility index (Phi) is 8.04. The molecule has 3 rings (SSSR count). The molecule has 1 N–H and O–H groups in total. The average Bonchev–Trinajstić information content (AvgIpc) is 2.82. The van der Waals surface area contributed by atoms with Crippen LogP contribution in [0, 0.1) is 0 Å². The largest absolute Gasteiger partial charge is 0.494 e. The number of carbonyl (C=O) groups excluding carboxylic acids is 3. The number of esters is 1. The van der Waals surface area contributed by atoms with Crippen LogP contribution in [-0.4, -0.2) is 48.9 Å². The molecule has 0 unspecified atom stereocenters. The maximum absolute atomic E-state index is 13.0. The van der Waals surface area contributed by atoms with Gasteiger partial charge >= 0.3 is 5.97 Å². The van der Waals surface area contributed by atoms with Crippen molar-refractivity contribution in [2.24, 2.45) is 0 Å². The number of piperidine rings is 1. The first kappa shape index (κ1) is 22.3. The van der Waals surface area contributed by atoms with E-state index in [2.05, 4.69) is 5.32 Å². The van der Waals surface area contributed by atoms with Crippen LogP contribution in [0.1, 0.15) is 48.2 Å². The van der Waals surface area contributed by atoms with Crippen molar-refractivity contribution in [2.75, 3.05) is 26.2 Å². The molecule has 1 aliphatic rings. The van der Waals surface area contributed by atoms with Crippen LogP contribution < -0.4 is 10.1 Å². The van der Waals surface area contributed by atoms with Crippen molar-refractivity contribution in [2.45, 2.75) is 32.3 Å². The highest BCUT2D eigenvalue weighted by Gasteiger charge is 2.30. The van der Waals surface area contributed by atoms with Gasteiger partial charge in [-0.25, -0.2) is 0 Å². The SMILES string of the molecule is CCOc1ccc(C(=O)NCC(=O)O[C@H](C(=O)N2CCCCC2)c2ccccc2)cc1. The molecular weight excluding hydrogens is 396 g/mol. The number of amides is 2. The van der Waals surface area contributed by atoms with Gasteiger partial charge in [-0.1, -0.05) is 30.3 Å². The van der Waals surface area contributed by atoms with Crippen LogP contribution in [0.4, 0.5) is 0 Å². The van der Waals surface area contributed by atoms with Crippen molar-refractivity contribution >= 4 is 17.8 Å². The van der Waals surface area contributed by atoms with Crippen molar-refractivity contribution in [1.82, 2.24) is 10.2 Å². The Hall–Kier alpha value is -3.35. The summed E-state index contributed by atoms with van der Waals surface area (Å²) in [5.41, 5.74) is 1.02. The van der Waals surface area contributed by atoms with E-state index in [1.165, 1.54) is 0 Å². The molecule has 2 aromatic carbocycles. The Morgan fingerprint density at radius 2 is 1.65 bits per heavy atom. The van der Waals surface area contributed by atoms with Gasteiger partial charge in [0, 0.05) is 24.2 Å². The molecule has 1 fully saturated rings. The number of hydrogen-bond acceptors (Lipinski definition) is 5. The lowest BCUT2D eigenvalue weighted by Gasteiger charge is -2.30. The number of benzene rings is 2. The van der Waals surface area contributed by atoms with Crippen molar-refractivity contribution in [1.29, 1.82) is 0 Å². The van der Waals surface area contributed by atoms with Gasteiger partial charge in [0.2, 0.25) is 6.10 Å². The second-order valence-corrected chi connectivity index (χ2v) is 7.31. The fourth-order valence-corrected chi connectivity index (χ4v) is 3.47. The van der Waals surface area contributed by atoms with Crippen LogP contribution in [0.2, 0.25) is 0 Å². The second kappa shape index (κ2) is 11.2. The molecular formula is C24H28N2O5. The summed E-state index contributed by atoms with van der Waals surface area (Å²) in [6.45, 7) is 3.41. The lowest BCUT2D eigenvalue weighted by molar-refractivity contribution is -0.160. The standard InChI is InChI=1S/C24H28N2O5/c1-2-30-20-13-11-19(12-14-20)23(28)25-17-21(27)31-22(18-9-5-3-6-10-18)24(29)26-15-7-4-8-16-26/h3,5-6,9-14,22H,2,4,7-8,15-17H2,1H3,(H,25,28)/t22-/m0/s1. The molecule has 1 heterocycles. The summed E-state index contributed by atoms with van der Waals surface area (Å²) in [5, 5.41) is 2.55. The van der Waals surface area contributed by atoms with E-state index in [1.54, 1.807) is 53.4 Å². The van der Waals surface area contributed by atoms with Crippen LogP contribution in [-0.2, 0) is 14.3 Å². The molecule has 31 heavy (non-hydrogen) atoms. The minimum atomic E-state index is -1.02. The molecule has 0 aromatic heterocycles. The third-order valence-corrected chi connectivity index (χ3v) is 5.06. The van der Waals surface area contributed by atoms with Gasteiger partial charge in [-0.2, -0.15) is 0 Å². The van der Waals surface area contributed by atoms with Crippen molar-refractivity contribution in [3.63, 3.8) is 0 Å². The summed E-state index contributed by atoms with van der Waals surface area (Å²) in [6.07, 6.45) is 1.96. The maximum Gasteiger partial charge on any atom is 0.326 e. The quantitative estimate of drug-likeness (QED) is 0.658. The highest BCUT2D eigenvalue weighted by atomic mass is 16.5. The minimum absolute atomic E-state index is 0.225. The van der Waals surface area contributed by atoms with E-state index < -0.39 is 18.0 Å². The first-order valence-electron chi connectivity index (χ1n) is 10.6. The Labute approximate surface area is 182 Å². The molecule has 0 radical (unpaired) electrons. The average molecular weight is 424 g/mol. The molecule has 164 valence electrons. The Bertz CT molecular complexity index is 877. The summed E-state index contributed by atoms with van der Waals surface area (Å²) < 4.78 is 10.9. The Morgan fingerprint density at radius 1 is 0.968 bits per heavy atom. The molecule has 7 heteroatoms. The Morgan fingerprint density at radius 3 is 2.29 bits per heavy atom. The van der Waals surface area contributed by atoms with Crippen LogP contribution in [0.3, 0.4) is 0 Å². The zero-order valence-corrected chi connectivity index (χ0v) is 17.7. The third-order valence-electron chi connectivity index (χ3n) is 5.06. The fraction of sp³-hybridized carbons (Fsp3) is 0.375. The minimum Gasteiger partial charge on any atom is -0.494 e. The van der Waals surface area contributed by atoms with E-state index in [9.17, 15) is 14.4 Å². The molecule has 0 bridgehead atoms. The third kappa shape index (κ3) is 6.31.